The van der Waals surface area contributed by atoms with E-state index in [4.69, 9.17) is 4.74 Å². The average molecular weight is 335 g/mol. The van der Waals surface area contributed by atoms with Crippen LogP contribution in [-0.4, -0.2) is 16.1 Å². The minimum absolute atomic E-state index is 0.169. The van der Waals surface area contributed by atoms with Gasteiger partial charge in [0.25, 0.3) is 11.5 Å². The number of amides is 1. The molecule has 25 heavy (non-hydrogen) atoms. The first-order valence-corrected chi connectivity index (χ1v) is 7.80. The smallest absolute Gasteiger partial charge is 0.271 e. The summed E-state index contributed by atoms with van der Waals surface area (Å²) in [5.74, 6) is 0.418. The molecule has 126 valence electrons. The largest absolute Gasteiger partial charge is 0.489 e. The molecule has 0 bridgehead atoms. The van der Waals surface area contributed by atoms with Gasteiger partial charge in [0.15, 0.2) is 0 Å². The molecule has 3 aromatic rings. The van der Waals surface area contributed by atoms with Gasteiger partial charge in [-0.15, -0.1) is 0 Å². The summed E-state index contributed by atoms with van der Waals surface area (Å²) in [4.78, 5) is 22.9. The Balaban J connectivity index is 1.51. The predicted octanol–water partition coefficient (Wildman–Crippen LogP) is 2.28. The summed E-state index contributed by atoms with van der Waals surface area (Å²) in [7, 11) is 0. The Bertz CT molecular complexity index is 869. The topological polar surface area (TPSA) is 84.1 Å². The number of benzene rings is 2. The van der Waals surface area contributed by atoms with Gasteiger partial charge in [-0.05, 0) is 29.3 Å². The van der Waals surface area contributed by atoms with Crippen LogP contribution in [0.5, 0.6) is 5.75 Å². The van der Waals surface area contributed by atoms with Crippen molar-refractivity contribution < 1.29 is 9.53 Å². The van der Waals surface area contributed by atoms with Gasteiger partial charge in [0, 0.05) is 12.6 Å². The van der Waals surface area contributed by atoms with Gasteiger partial charge in [-0.25, -0.2) is 5.10 Å². The van der Waals surface area contributed by atoms with Crippen LogP contribution in [0.1, 0.15) is 21.6 Å². The highest BCUT2D eigenvalue weighted by Gasteiger charge is 2.06. The Labute approximate surface area is 144 Å². The van der Waals surface area contributed by atoms with E-state index in [2.05, 4.69) is 15.5 Å². The Kier molecular flexibility index (Phi) is 5.21. The van der Waals surface area contributed by atoms with Gasteiger partial charge < -0.3 is 10.1 Å². The molecule has 6 nitrogen and oxygen atoms in total. The van der Waals surface area contributed by atoms with Crippen molar-refractivity contribution in [3.63, 3.8) is 0 Å². The first kappa shape index (κ1) is 16.4. The summed E-state index contributed by atoms with van der Waals surface area (Å²) in [6.07, 6.45) is 0. The number of ether oxygens (including phenoxy) is 1. The molecule has 0 radical (unpaired) electrons. The number of hydrogen-bond acceptors (Lipinski definition) is 4. The number of hydrogen-bond donors (Lipinski definition) is 2. The van der Waals surface area contributed by atoms with Crippen LogP contribution in [-0.2, 0) is 13.2 Å². The lowest BCUT2D eigenvalue weighted by atomic mass is 10.2. The van der Waals surface area contributed by atoms with Crippen molar-refractivity contribution >= 4 is 5.91 Å². The molecule has 0 saturated carbocycles. The summed E-state index contributed by atoms with van der Waals surface area (Å²) >= 11 is 0. The zero-order valence-corrected chi connectivity index (χ0v) is 13.4. The molecule has 0 saturated heterocycles. The van der Waals surface area contributed by atoms with Crippen LogP contribution in [0.4, 0.5) is 0 Å². The molecule has 0 unspecified atom stereocenters. The van der Waals surface area contributed by atoms with Gasteiger partial charge in [0.2, 0.25) is 0 Å². The van der Waals surface area contributed by atoms with Gasteiger partial charge >= 0.3 is 0 Å². The standard InChI is InChI=1S/C19H17N3O3/c23-18-11-10-17(21-22-18)19(24)20-12-14-6-8-16(9-7-14)25-13-15-4-2-1-3-5-15/h1-11H,12-13H2,(H,20,24)(H,22,23). The summed E-state index contributed by atoms with van der Waals surface area (Å²) in [5.41, 5.74) is 1.86. The van der Waals surface area contributed by atoms with Crippen LogP contribution >= 0.6 is 0 Å². The molecular weight excluding hydrogens is 318 g/mol. The second-order valence-electron chi connectivity index (χ2n) is 5.41. The van der Waals surface area contributed by atoms with E-state index in [0.717, 1.165) is 16.9 Å². The third kappa shape index (κ3) is 4.78. The van der Waals surface area contributed by atoms with E-state index in [9.17, 15) is 9.59 Å². The van der Waals surface area contributed by atoms with Crippen molar-refractivity contribution in [2.75, 3.05) is 0 Å². The third-order valence-corrected chi connectivity index (χ3v) is 3.54. The number of carbonyl (C=O) groups excluding carboxylic acids is 1. The minimum Gasteiger partial charge on any atom is -0.489 e. The summed E-state index contributed by atoms with van der Waals surface area (Å²) < 4.78 is 5.72. The Morgan fingerprint density at radius 3 is 2.40 bits per heavy atom. The zero-order valence-electron chi connectivity index (χ0n) is 13.4. The van der Waals surface area contributed by atoms with E-state index in [1.807, 2.05) is 54.6 Å². The number of H-pyrrole nitrogens is 1. The lowest BCUT2D eigenvalue weighted by molar-refractivity contribution is 0.0945. The molecular formula is C19H17N3O3. The number of nitrogens with zero attached hydrogens (tertiary/aromatic N) is 1. The fraction of sp³-hybridized carbons (Fsp3) is 0.105. The maximum absolute atomic E-state index is 11.9. The molecule has 0 fully saturated rings. The highest BCUT2D eigenvalue weighted by Crippen LogP contribution is 2.14. The molecule has 3 rings (SSSR count). The predicted molar refractivity (Wildman–Crippen MR) is 93.2 cm³/mol. The van der Waals surface area contributed by atoms with Crippen LogP contribution in [0.15, 0.2) is 71.5 Å². The van der Waals surface area contributed by atoms with Crippen LogP contribution in [0.25, 0.3) is 0 Å². The molecule has 2 aromatic carbocycles. The monoisotopic (exact) mass is 335 g/mol. The molecule has 2 N–H and O–H groups in total. The van der Waals surface area contributed by atoms with E-state index in [1.165, 1.54) is 12.1 Å². The summed E-state index contributed by atoms with van der Waals surface area (Å²) in [6, 6.07) is 20.1. The van der Waals surface area contributed by atoms with Crippen molar-refractivity contribution in [3.05, 3.63) is 93.9 Å². The van der Waals surface area contributed by atoms with Crippen molar-refractivity contribution in [1.29, 1.82) is 0 Å². The fourth-order valence-corrected chi connectivity index (χ4v) is 2.19. The van der Waals surface area contributed by atoms with Gasteiger partial charge in [-0.2, -0.15) is 5.10 Å². The summed E-state index contributed by atoms with van der Waals surface area (Å²) in [6.45, 7) is 0.868. The Hall–Kier alpha value is -3.41. The number of nitrogens with one attached hydrogen (secondary N) is 2. The van der Waals surface area contributed by atoms with Gasteiger partial charge in [0.05, 0.1) is 0 Å². The second-order valence-corrected chi connectivity index (χ2v) is 5.41. The molecule has 0 atom stereocenters. The van der Waals surface area contributed by atoms with E-state index >= 15 is 0 Å². The molecule has 6 heteroatoms. The minimum atomic E-state index is -0.347. The SMILES string of the molecule is O=C(NCc1ccc(OCc2ccccc2)cc1)c1ccc(=O)[nH]n1. The average Bonchev–Trinajstić information content (AvgIpc) is 2.67. The van der Waals surface area contributed by atoms with E-state index in [-0.39, 0.29) is 17.2 Å². The van der Waals surface area contributed by atoms with E-state index in [1.54, 1.807) is 0 Å². The lowest BCUT2D eigenvalue weighted by Gasteiger charge is -2.08. The summed E-state index contributed by atoms with van der Waals surface area (Å²) in [5, 5.41) is 8.67. The van der Waals surface area contributed by atoms with Gasteiger partial charge in [-0.3, -0.25) is 9.59 Å². The second kappa shape index (κ2) is 7.92. The van der Waals surface area contributed by atoms with Gasteiger partial charge in [-0.1, -0.05) is 42.5 Å². The molecule has 0 aliphatic rings. The fourth-order valence-electron chi connectivity index (χ4n) is 2.19. The van der Waals surface area contributed by atoms with Crippen LogP contribution in [0.3, 0.4) is 0 Å². The molecule has 1 aromatic heterocycles. The molecule has 1 heterocycles. The maximum Gasteiger partial charge on any atom is 0.271 e. The van der Waals surface area contributed by atoms with Crippen LogP contribution in [0, 0.1) is 0 Å². The van der Waals surface area contributed by atoms with Crippen LogP contribution < -0.4 is 15.6 Å². The van der Waals surface area contributed by atoms with Crippen LogP contribution in [0.2, 0.25) is 0 Å². The molecule has 0 aliphatic carbocycles. The van der Waals surface area contributed by atoms with Crippen molar-refractivity contribution in [3.8, 4) is 5.75 Å². The van der Waals surface area contributed by atoms with Gasteiger partial charge in [0.1, 0.15) is 18.1 Å². The Morgan fingerprint density at radius 2 is 1.72 bits per heavy atom. The Morgan fingerprint density at radius 1 is 0.960 bits per heavy atom. The number of carbonyl (C=O) groups is 1. The first-order chi connectivity index (χ1) is 12.2. The zero-order chi connectivity index (χ0) is 17.5. The highest BCUT2D eigenvalue weighted by molar-refractivity contribution is 5.91. The number of aromatic amines is 1. The maximum atomic E-state index is 11.9. The highest BCUT2D eigenvalue weighted by atomic mass is 16.5. The van der Waals surface area contributed by atoms with Crippen molar-refractivity contribution in [2.24, 2.45) is 0 Å². The molecule has 1 amide bonds. The normalized spacial score (nSPS) is 10.2. The van der Waals surface area contributed by atoms with E-state index < -0.39 is 0 Å². The number of aromatic nitrogens is 2. The molecule has 0 spiro atoms. The van der Waals surface area contributed by atoms with E-state index in [0.29, 0.717) is 13.2 Å². The third-order valence-electron chi connectivity index (χ3n) is 3.54. The first-order valence-electron chi connectivity index (χ1n) is 7.80. The quantitative estimate of drug-likeness (QED) is 0.724. The molecule has 0 aliphatic heterocycles. The van der Waals surface area contributed by atoms with Crippen molar-refractivity contribution in [2.45, 2.75) is 13.2 Å². The van der Waals surface area contributed by atoms with Crippen molar-refractivity contribution in [1.82, 2.24) is 15.5 Å². The number of rotatable bonds is 6. The lowest BCUT2D eigenvalue weighted by Crippen LogP contribution is -2.25.